The number of amides is 1. The van der Waals surface area contributed by atoms with Crippen molar-refractivity contribution < 1.29 is 14.5 Å². The fraction of sp³-hybridized carbons (Fsp3) is 0.278. The topological polar surface area (TPSA) is 98.7 Å². The van der Waals surface area contributed by atoms with Crippen LogP contribution in [0.4, 0.5) is 5.69 Å². The Balaban J connectivity index is 1.90. The number of carbonyl (C=O) groups excluding carboxylic acids is 1. The summed E-state index contributed by atoms with van der Waals surface area (Å²) in [7, 11) is 0. The predicted molar refractivity (Wildman–Crippen MR) is 92.3 cm³/mol. The van der Waals surface area contributed by atoms with E-state index in [2.05, 4.69) is 4.90 Å². The first-order valence-electron chi connectivity index (χ1n) is 7.97. The summed E-state index contributed by atoms with van der Waals surface area (Å²) in [5.41, 5.74) is 6.85. The van der Waals surface area contributed by atoms with Crippen molar-refractivity contribution in [2.45, 2.75) is 26.1 Å². The third kappa shape index (κ3) is 3.61. The summed E-state index contributed by atoms with van der Waals surface area (Å²) >= 11 is 0. The van der Waals surface area contributed by atoms with Gasteiger partial charge in [-0.1, -0.05) is 24.3 Å². The van der Waals surface area contributed by atoms with Gasteiger partial charge in [0.05, 0.1) is 4.92 Å². The average molecular weight is 341 g/mol. The van der Waals surface area contributed by atoms with E-state index in [9.17, 15) is 14.9 Å². The Morgan fingerprint density at radius 3 is 2.84 bits per heavy atom. The molecule has 0 bridgehead atoms. The highest BCUT2D eigenvalue weighted by Gasteiger charge is 2.25. The number of nitro benzene ring substituents is 1. The number of nitro groups is 1. The second-order valence-electron chi connectivity index (χ2n) is 6.14. The highest BCUT2D eigenvalue weighted by atomic mass is 16.6. The van der Waals surface area contributed by atoms with Gasteiger partial charge in [-0.2, -0.15) is 0 Å². The lowest BCUT2D eigenvalue weighted by molar-refractivity contribution is -0.385. The van der Waals surface area contributed by atoms with E-state index < -0.39 is 10.8 Å². The third-order valence-corrected chi connectivity index (χ3v) is 4.39. The van der Waals surface area contributed by atoms with Crippen LogP contribution in [0.25, 0.3) is 0 Å². The SMILES string of the molecule is C[C@@H]1COc2ccccc2CN1Cc1ccc(C(N)=O)cc1[N+](=O)[O-]. The molecule has 130 valence electrons. The Kier molecular flexibility index (Phi) is 4.67. The molecule has 2 aromatic carbocycles. The van der Waals surface area contributed by atoms with Gasteiger partial charge in [-0.25, -0.2) is 0 Å². The lowest BCUT2D eigenvalue weighted by Crippen LogP contribution is -2.34. The summed E-state index contributed by atoms with van der Waals surface area (Å²) in [6, 6.07) is 12.2. The van der Waals surface area contributed by atoms with Crippen molar-refractivity contribution in [3.63, 3.8) is 0 Å². The maximum Gasteiger partial charge on any atom is 0.274 e. The van der Waals surface area contributed by atoms with Crippen LogP contribution in [0.15, 0.2) is 42.5 Å². The maximum atomic E-state index is 11.4. The molecule has 1 heterocycles. The number of hydrogen-bond donors (Lipinski definition) is 1. The first-order valence-corrected chi connectivity index (χ1v) is 7.97. The molecule has 1 aliphatic rings. The van der Waals surface area contributed by atoms with Crippen LogP contribution in [0.2, 0.25) is 0 Å². The fourth-order valence-electron chi connectivity index (χ4n) is 2.92. The van der Waals surface area contributed by atoms with Crippen LogP contribution in [0, 0.1) is 10.1 Å². The lowest BCUT2D eigenvalue weighted by Gasteiger charge is -2.26. The molecule has 0 saturated heterocycles. The Bertz CT molecular complexity index is 822. The third-order valence-electron chi connectivity index (χ3n) is 4.39. The van der Waals surface area contributed by atoms with Crippen LogP contribution < -0.4 is 10.5 Å². The summed E-state index contributed by atoms with van der Waals surface area (Å²) < 4.78 is 5.82. The van der Waals surface area contributed by atoms with E-state index in [1.165, 1.54) is 12.1 Å². The van der Waals surface area contributed by atoms with E-state index in [1.54, 1.807) is 6.07 Å². The zero-order valence-electron chi connectivity index (χ0n) is 13.8. The molecule has 25 heavy (non-hydrogen) atoms. The van der Waals surface area contributed by atoms with Gasteiger partial charge in [-0.3, -0.25) is 19.8 Å². The van der Waals surface area contributed by atoms with E-state index >= 15 is 0 Å². The molecule has 0 radical (unpaired) electrons. The smallest absolute Gasteiger partial charge is 0.274 e. The second-order valence-corrected chi connectivity index (χ2v) is 6.14. The average Bonchev–Trinajstić information content (AvgIpc) is 2.74. The number of ether oxygens (including phenoxy) is 1. The van der Waals surface area contributed by atoms with Gasteiger partial charge in [0.25, 0.3) is 5.69 Å². The van der Waals surface area contributed by atoms with E-state index in [0.717, 1.165) is 11.3 Å². The molecule has 7 heteroatoms. The van der Waals surface area contributed by atoms with Crippen LogP contribution >= 0.6 is 0 Å². The van der Waals surface area contributed by atoms with Crippen LogP contribution in [-0.2, 0) is 13.1 Å². The first kappa shape index (κ1) is 16.9. The monoisotopic (exact) mass is 341 g/mol. The quantitative estimate of drug-likeness (QED) is 0.680. The predicted octanol–water partition coefficient (Wildman–Crippen LogP) is 2.48. The Morgan fingerprint density at radius 2 is 2.12 bits per heavy atom. The molecule has 3 rings (SSSR count). The van der Waals surface area contributed by atoms with Gasteiger partial charge in [0, 0.05) is 41.9 Å². The molecule has 2 aromatic rings. The second kappa shape index (κ2) is 6.90. The van der Waals surface area contributed by atoms with Crippen molar-refractivity contribution in [1.82, 2.24) is 4.90 Å². The number of hydrogen-bond acceptors (Lipinski definition) is 5. The van der Waals surface area contributed by atoms with Crippen LogP contribution in [-0.4, -0.2) is 28.4 Å². The Morgan fingerprint density at radius 1 is 1.36 bits per heavy atom. The molecule has 1 aliphatic heterocycles. The summed E-state index contributed by atoms with van der Waals surface area (Å²) in [6.45, 7) is 3.54. The molecule has 0 saturated carbocycles. The van der Waals surface area contributed by atoms with E-state index in [4.69, 9.17) is 10.5 Å². The number of carbonyl (C=O) groups is 1. The number of nitrogens with zero attached hydrogens (tertiary/aromatic N) is 2. The maximum absolute atomic E-state index is 11.4. The van der Waals surface area contributed by atoms with Gasteiger partial charge in [0.15, 0.2) is 0 Å². The molecule has 0 aliphatic carbocycles. The molecule has 0 spiro atoms. The number of nitrogens with two attached hydrogens (primary N) is 1. The van der Waals surface area contributed by atoms with Crippen molar-refractivity contribution >= 4 is 11.6 Å². The molecular weight excluding hydrogens is 322 g/mol. The first-order chi connectivity index (χ1) is 12.0. The van der Waals surface area contributed by atoms with Crippen LogP contribution in [0.1, 0.15) is 28.4 Å². The van der Waals surface area contributed by atoms with E-state index in [-0.39, 0.29) is 17.3 Å². The Hall–Kier alpha value is -2.93. The van der Waals surface area contributed by atoms with Gasteiger partial charge in [0.2, 0.25) is 5.91 Å². The number of fused-ring (bicyclic) bond motifs is 1. The summed E-state index contributed by atoms with van der Waals surface area (Å²) in [6.07, 6.45) is 0. The zero-order valence-corrected chi connectivity index (χ0v) is 13.8. The van der Waals surface area contributed by atoms with Gasteiger partial charge < -0.3 is 10.5 Å². The van der Waals surface area contributed by atoms with Gasteiger partial charge in [-0.05, 0) is 19.1 Å². The Labute approximate surface area is 145 Å². The number of benzene rings is 2. The largest absolute Gasteiger partial charge is 0.492 e. The van der Waals surface area contributed by atoms with Crippen molar-refractivity contribution in [2.75, 3.05) is 6.61 Å². The normalized spacial score (nSPS) is 17.2. The van der Waals surface area contributed by atoms with Gasteiger partial charge in [-0.15, -0.1) is 0 Å². The molecule has 0 fully saturated rings. The number of primary amides is 1. The molecular formula is C18H19N3O4. The summed E-state index contributed by atoms with van der Waals surface area (Å²) in [5.74, 6) is 0.163. The van der Waals surface area contributed by atoms with E-state index in [0.29, 0.717) is 25.3 Å². The zero-order chi connectivity index (χ0) is 18.0. The lowest BCUT2D eigenvalue weighted by atomic mass is 10.1. The summed E-state index contributed by atoms with van der Waals surface area (Å²) in [4.78, 5) is 24.3. The van der Waals surface area contributed by atoms with Crippen LogP contribution in [0.3, 0.4) is 0 Å². The highest BCUT2D eigenvalue weighted by molar-refractivity contribution is 5.93. The van der Waals surface area contributed by atoms with Crippen molar-refractivity contribution in [3.8, 4) is 5.75 Å². The minimum absolute atomic E-state index is 0.0859. The van der Waals surface area contributed by atoms with Gasteiger partial charge >= 0.3 is 0 Å². The molecule has 2 N–H and O–H groups in total. The van der Waals surface area contributed by atoms with Gasteiger partial charge in [0.1, 0.15) is 12.4 Å². The number of para-hydroxylation sites is 1. The molecule has 0 aromatic heterocycles. The molecule has 0 unspecified atom stereocenters. The van der Waals surface area contributed by atoms with Crippen molar-refractivity contribution in [2.24, 2.45) is 5.73 Å². The van der Waals surface area contributed by atoms with E-state index in [1.807, 2.05) is 31.2 Å². The van der Waals surface area contributed by atoms with Crippen LogP contribution in [0.5, 0.6) is 5.75 Å². The highest BCUT2D eigenvalue weighted by Crippen LogP contribution is 2.28. The minimum atomic E-state index is -0.680. The summed E-state index contributed by atoms with van der Waals surface area (Å²) in [5, 5.41) is 11.4. The minimum Gasteiger partial charge on any atom is -0.492 e. The number of rotatable bonds is 4. The fourth-order valence-corrected chi connectivity index (χ4v) is 2.92. The molecule has 1 amide bonds. The van der Waals surface area contributed by atoms with Crippen molar-refractivity contribution in [3.05, 3.63) is 69.3 Å². The molecule has 7 nitrogen and oxygen atoms in total. The van der Waals surface area contributed by atoms with Crippen molar-refractivity contribution in [1.29, 1.82) is 0 Å². The standard InChI is InChI=1S/C18H19N3O4/c1-12-11-25-17-5-3-2-4-15(17)10-20(12)9-14-7-6-13(18(19)22)8-16(14)21(23)24/h2-8,12H,9-11H2,1H3,(H2,19,22)/t12-/m1/s1. The molecule has 1 atom stereocenters.